The molecule has 0 aliphatic carbocycles. The summed E-state index contributed by atoms with van der Waals surface area (Å²) in [5, 5.41) is 9.71. The van der Waals surface area contributed by atoms with Crippen molar-refractivity contribution in [2.75, 3.05) is 12.8 Å². The number of amides is 1. The van der Waals surface area contributed by atoms with Crippen LogP contribution in [0.1, 0.15) is 26.2 Å². The minimum absolute atomic E-state index is 0.0393. The van der Waals surface area contributed by atoms with Crippen molar-refractivity contribution in [2.45, 2.75) is 31.4 Å². The zero-order valence-corrected chi connectivity index (χ0v) is 10.2. The highest BCUT2D eigenvalue weighted by atomic mass is 32.2. The van der Waals surface area contributed by atoms with Crippen LogP contribution in [-0.4, -0.2) is 43.5 Å². The third-order valence-corrected chi connectivity index (χ3v) is 4.45. The van der Waals surface area contributed by atoms with Crippen LogP contribution in [-0.2, 0) is 19.4 Å². The van der Waals surface area contributed by atoms with Gasteiger partial charge in [-0.2, -0.15) is 0 Å². The summed E-state index contributed by atoms with van der Waals surface area (Å²) in [4.78, 5) is 21.5. The van der Waals surface area contributed by atoms with E-state index in [1.807, 2.05) is 0 Å². The fourth-order valence-corrected chi connectivity index (χ4v) is 2.93. The Kier molecular flexibility index (Phi) is 6.02. The number of rotatable bonds is 7. The number of carboxylic acids is 1. The summed E-state index contributed by atoms with van der Waals surface area (Å²) in [6, 6.07) is 0. The third kappa shape index (κ3) is 4.61. The first-order valence-electron chi connectivity index (χ1n) is 5.00. The lowest BCUT2D eigenvalue weighted by atomic mass is 10.3. The molecule has 2 N–H and O–H groups in total. The molecule has 6 nitrogen and oxygen atoms in total. The van der Waals surface area contributed by atoms with Crippen molar-refractivity contribution in [3.8, 4) is 0 Å². The van der Waals surface area contributed by atoms with Gasteiger partial charge in [0.1, 0.15) is 0 Å². The van der Waals surface area contributed by atoms with E-state index < -0.39 is 21.1 Å². The molecule has 0 saturated heterocycles. The van der Waals surface area contributed by atoms with Gasteiger partial charge in [-0.25, -0.2) is 8.42 Å². The van der Waals surface area contributed by atoms with Crippen LogP contribution in [0.4, 0.5) is 0 Å². The van der Waals surface area contributed by atoms with Crippen molar-refractivity contribution in [3.63, 3.8) is 0 Å². The smallest absolute Gasteiger partial charge is 0.321 e. The Morgan fingerprint density at radius 2 is 1.94 bits per heavy atom. The molecule has 0 saturated carbocycles. The number of hydrogen-bond donors (Lipinski definition) is 2. The Hall–Kier alpha value is -1.11. The summed E-state index contributed by atoms with van der Waals surface area (Å²) in [5.74, 6) is -1.85. The van der Waals surface area contributed by atoms with Gasteiger partial charge in [-0.1, -0.05) is 6.92 Å². The first kappa shape index (κ1) is 14.9. The summed E-state index contributed by atoms with van der Waals surface area (Å²) in [6.07, 6.45) is 0.273. The van der Waals surface area contributed by atoms with E-state index in [9.17, 15) is 18.0 Å². The largest absolute Gasteiger partial charge is 0.480 e. The van der Waals surface area contributed by atoms with E-state index in [4.69, 9.17) is 5.11 Å². The van der Waals surface area contributed by atoms with Gasteiger partial charge in [-0.15, -0.1) is 0 Å². The van der Waals surface area contributed by atoms with E-state index in [-0.39, 0.29) is 30.9 Å². The van der Waals surface area contributed by atoms with Gasteiger partial charge >= 0.3 is 5.97 Å². The van der Waals surface area contributed by atoms with Gasteiger partial charge in [0.05, 0.1) is 5.75 Å². The second-order valence-electron chi connectivity index (χ2n) is 3.38. The zero-order valence-electron chi connectivity index (χ0n) is 9.39. The van der Waals surface area contributed by atoms with Gasteiger partial charge in [0.15, 0.2) is 15.1 Å². The highest BCUT2D eigenvalue weighted by molar-refractivity contribution is 7.92. The molecule has 0 aromatic carbocycles. The second-order valence-corrected chi connectivity index (χ2v) is 5.68. The van der Waals surface area contributed by atoms with Crippen molar-refractivity contribution in [1.29, 1.82) is 0 Å². The Balaban J connectivity index is 4.35. The first-order chi connectivity index (χ1) is 7.35. The maximum atomic E-state index is 11.6. The molecule has 0 aliphatic rings. The van der Waals surface area contributed by atoms with Crippen LogP contribution in [0.15, 0.2) is 0 Å². The van der Waals surface area contributed by atoms with E-state index in [2.05, 4.69) is 5.32 Å². The SMILES string of the molecule is CCC(C(=O)O)S(=O)(=O)CCCC(=O)NC. The molecule has 1 unspecified atom stereocenters. The van der Waals surface area contributed by atoms with Crippen LogP contribution in [0.3, 0.4) is 0 Å². The second kappa shape index (κ2) is 6.47. The van der Waals surface area contributed by atoms with Gasteiger partial charge in [0, 0.05) is 13.5 Å². The normalized spacial score (nSPS) is 13.1. The van der Waals surface area contributed by atoms with Gasteiger partial charge in [0.25, 0.3) is 0 Å². The standard InChI is InChI=1S/C9H17NO5S/c1-3-7(9(12)13)16(14,15)6-4-5-8(11)10-2/h7H,3-6H2,1-2H3,(H,10,11)(H,12,13). The van der Waals surface area contributed by atoms with Crippen LogP contribution < -0.4 is 5.32 Å². The molecule has 0 spiro atoms. The van der Waals surface area contributed by atoms with E-state index in [0.717, 1.165) is 0 Å². The van der Waals surface area contributed by atoms with E-state index in [1.54, 1.807) is 0 Å². The lowest BCUT2D eigenvalue weighted by Gasteiger charge is -2.10. The molecule has 0 bridgehead atoms. The molecule has 0 fully saturated rings. The molecule has 7 heteroatoms. The average molecular weight is 251 g/mol. The molecule has 0 aromatic rings. The molecule has 94 valence electrons. The molecule has 1 atom stereocenters. The molecule has 0 aliphatic heterocycles. The Labute approximate surface area is 95.0 Å². The van der Waals surface area contributed by atoms with Crippen LogP contribution in [0, 0.1) is 0 Å². The molecule has 0 heterocycles. The van der Waals surface area contributed by atoms with Crippen LogP contribution in [0.25, 0.3) is 0 Å². The fraction of sp³-hybridized carbons (Fsp3) is 0.778. The highest BCUT2D eigenvalue weighted by Crippen LogP contribution is 2.09. The molecule has 0 rings (SSSR count). The summed E-state index contributed by atoms with van der Waals surface area (Å²) in [6.45, 7) is 1.51. The monoisotopic (exact) mass is 251 g/mol. The van der Waals surface area contributed by atoms with E-state index >= 15 is 0 Å². The summed E-state index contributed by atoms with van der Waals surface area (Å²) in [5.41, 5.74) is 0. The van der Waals surface area contributed by atoms with E-state index in [0.29, 0.717) is 0 Å². The summed E-state index contributed by atoms with van der Waals surface area (Å²) < 4.78 is 23.1. The number of hydrogen-bond acceptors (Lipinski definition) is 4. The molecule has 0 radical (unpaired) electrons. The van der Waals surface area contributed by atoms with Crippen LogP contribution in [0.2, 0.25) is 0 Å². The minimum Gasteiger partial charge on any atom is -0.480 e. The molecule has 1 amide bonds. The van der Waals surface area contributed by atoms with Crippen molar-refractivity contribution < 1.29 is 23.1 Å². The van der Waals surface area contributed by atoms with Crippen molar-refractivity contribution in [3.05, 3.63) is 0 Å². The number of carbonyl (C=O) groups excluding carboxylic acids is 1. The van der Waals surface area contributed by atoms with Crippen LogP contribution in [0.5, 0.6) is 0 Å². The number of carboxylic acid groups (broad SMARTS) is 1. The summed E-state index contributed by atoms with van der Waals surface area (Å²) >= 11 is 0. The Bertz CT molecular complexity index is 349. The van der Waals surface area contributed by atoms with Gasteiger partial charge < -0.3 is 10.4 Å². The average Bonchev–Trinajstić information content (AvgIpc) is 2.16. The predicted octanol–water partition coefficient (Wildman–Crippen LogP) is -0.209. The number of nitrogens with one attached hydrogen (secondary N) is 1. The number of carbonyl (C=O) groups is 2. The first-order valence-corrected chi connectivity index (χ1v) is 6.71. The third-order valence-electron chi connectivity index (χ3n) is 2.19. The highest BCUT2D eigenvalue weighted by Gasteiger charge is 2.30. The van der Waals surface area contributed by atoms with Gasteiger partial charge in [-0.05, 0) is 12.8 Å². The summed E-state index contributed by atoms with van der Waals surface area (Å²) in [7, 11) is -2.19. The van der Waals surface area contributed by atoms with E-state index in [1.165, 1.54) is 14.0 Å². The number of sulfone groups is 1. The Morgan fingerprint density at radius 1 is 1.38 bits per heavy atom. The maximum Gasteiger partial charge on any atom is 0.321 e. The number of aliphatic carboxylic acids is 1. The van der Waals surface area contributed by atoms with Crippen molar-refractivity contribution in [1.82, 2.24) is 5.32 Å². The van der Waals surface area contributed by atoms with Crippen molar-refractivity contribution >= 4 is 21.7 Å². The molecule has 0 aromatic heterocycles. The Morgan fingerprint density at radius 3 is 2.31 bits per heavy atom. The molecular weight excluding hydrogens is 234 g/mol. The lowest BCUT2D eigenvalue weighted by Crippen LogP contribution is -2.31. The lowest BCUT2D eigenvalue weighted by molar-refractivity contribution is -0.136. The predicted molar refractivity (Wildman–Crippen MR) is 58.8 cm³/mol. The molecule has 16 heavy (non-hydrogen) atoms. The zero-order chi connectivity index (χ0) is 12.8. The van der Waals surface area contributed by atoms with Gasteiger partial charge in [0.2, 0.25) is 5.91 Å². The van der Waals surface area contributed by atoms with Gasteiger partial charge in [-0.3, -0.25) is 9.59 Å². The quantitative estimate of drug-likeness (QED) is 0.652. The minimum atomic E-state index is -3.66. The fourth-order valence-electron chi connectivity index (χ4n) is 1.28. The van der Waals surface area contributed by atoms with Crippen LogP contribution >= 0.6 is 0 Å². The maximum absolute atomic E-state index is 11.6. The van der Waals surface area contributed by atoms with Crippen molar-refractivity contribution in [2.24, 2.45) is 0 Å². The topological polar surface area (TPSA) is 101 Å². The molecular formula is C9H17NO5S.